The number of likely N-dealkylation sites (tertiary alicyclic amines) is 1. The van der Waals surface area contributed by atoms with Crippen molar-refractivity contribution < 1.29 is 9.53 Å². The number of piperidine rings is 1. The first-order valence-corrected chi connectivity index (χ1v) is 8.96. The predicted molar refractivity (Wildman–Crippen MR) is 91.9 cm³/mol. The van der Waals surface area contributed by atoms with Gasteiger partial charge in [0, 0.05) is 39.5 Å². The van der Waals surface area contributed by atoms with Gasteiger partial charge in [-0.15, -0.1) is 0 Å². The highest BCUT2D eigenvalue weighted by Crippen LogP contribution is 2.33. The molecule has 132 valence electrons. The van der Waals surface area contributed by atoms with E-state index in [9.17, 15) is 4.79 Å². The Morgan fingerprint density at radius 1 is 1.25 bits per heavy atom. The van der Waals surface area contributed by atoms with E-state index in [0.717, 1.165) is 50.5 Å². The van der Waals surface area contributed by atoms with Crippen LogP contribution in [-0.4, -0.2) is 65.6 Å². The molecule has 2 fully saturated rings. The molecule has 6 nitrogen and oxygen atoms in total. The Hall–Kier alpha value is -1.53. The third-order valence-corrected chi connectivity index (χ3v) is 5.14. The van der Waals surface area contributed by atoms with Gasteiger partial charge in [0.15, 0.2) is 0 Å². The number of rotatable bonds is 3. The summed E-state index contributed by atoms with van der Waals surface area (Å²) in [5.74, 6) is 0.831. The molecule has 1 aromatic heterocycles. The molecule has 0 bridgehead atoms. The van der Waals surface area contributed by atoms with Gasteiger partial charge in [-0.05, 0) is 39.2 Å². The van der Waals surface area contributed by atoms with E-state index in [1.807, 2.05) is 6.92 Å². The average molecular weight is 332 g/mol. The van der Waals surface area contributed by atoms with Crippen molar-refractivity contribution in [1.82, 2.24) is 19.8 Å². The lowest BCUT2D eigenvalue weighted by Gasteiger charge is -2.42. The zero-order valence-electron chi connectivity index (χ0n) is 15.0. The van der Waals surface area contributed by atoms with Gasteiger partial charge in [-0.3, -0.25) is 9.69 Å². The molecule has 24 heavy (non-hydrogen) atoms. The number of hydrogen-bond acceptors (Lipinski definition) is 5. The Labute approximate surface area is 144 Å². The summed E-state index contributed by atoms with van der Waals surface area (Å²) < 4.78 is 5.52. The van der Waals surface area contributed by atoms with Gasteiger partial charge in [-0.25, -0.2) is 9.97 Å². The zero-order valence-corrected chi connectivity index (χ0v) is 15.0. The van der Waals surface area contributed by atoms with Crippen LogP contribution in [0.4, 0.5) is 0 Å². The molecule has 1 aromatic rings. The van der Waals surface area contributed by atoms with Crippen molar-refractivity contribution in [2.24, 2.45) is 0 Å². The number of carbonyl (C=O) groups is 1. The minimum Gasteiger partial charge on any atom is -0.381 e. The number of aryl methyl sites for hydroxylation is 1. The smallest absolute Gasteiger partial charge is 0.256 e. The Morgan fingerprint density at radius 2 is 2.00 bits per heavy atom. The topological polar surface area (TPSA) is 58.6 Å². The quantitative estimate of drug-likeness (QED) is 0.849. The summed E-state index contributed by atoms with van der Waals surface area (Å²) in [4.78, 5) is 25.6. The van der Waals surface area contributed by atoms with Gasteiger partial charge in [0.2, 0.25) is 0 Å². The van der Waals surface area contributed by atoms with Crippen molar-refractivity contribution in [3.8, 4) is 0 Å². The minimum absolute atomic E-state index is 0.0380. The van der Waals surface area contributed by atoms with Crippen molar-refractivity contribution in [3.05, 3.63) is 23.3 Å². The molecule has 0 aromatic carbocycles. The van der Waals surface area contributed by atoms with E-state index in [2.05, 4.69) is 9.88 Å². The fraction of sp³-hybridized carbons (Fsp3) is 0.722. The molecule has 0 aliphatic carbocycles. The summed E-state index contributed by atoms with van der Waals surface area (Å²) in [6, 6.07) is 0.833. The maximum atomic E-state index is 12.2. The first-order valence-electron chi connectivity index (χ1n) is 8.96. The van der Waals surface area contributed by atoms with E-state index >= 15 is 0 Å². The van der Waals surface area contributed by atoms with Crippen LogP contribution in [-0.2, 0) is 4.74 Å². The molecule has 2 saturated heterocycles. The fourth-order valence-corrected chi connectivity index (χ4v) is 3.78. The lowest BCUT2D eigenvalue weighted by atomic mass is 9.96. The Morgan fingerprint density at radius 3 is 2.67 bits per heavy atom. The van der Waals surface area contributed by atoms with Crippen LogP contribution < -0.4 is 0 Å². The van der Waals surface area contributed by atoms with Gasteiger partial charge in [0.25, 0.3) is 5.91 Å². The van der Waals surface area contributed by atoms with Crippen molar-refractivity contribution >= 4 is 5.91 Å². The number of aromatic nitrogens is 2. The monoisotopic (exact) mass is 332 g/mol. The van der Waals surface area contributed by atoms with Crippen molar-refractivity contribution in [3.63, 3.8) is 0 Å². The zero-order chi connectivity index (χ0) is 17.1. The number of carbonyl (C=O) groups excluding carboxylic acids is 1. The van der Waals surface area contributed by atoms with Gasteiger partial charge < -0.3 is 9.64 Å². The Bertz CT molecular complexity index is 584. The number of ether oxygens (including phenoxy) is 1. The molecule has 1 atom stereocenters. The van der Waals surface area contributed by atoms with E-state index in [0.29, 0.717) is 11.6 Å². The summed E-state index contributed by atoms with van der Waals surface area (Å²) >= 11 is 0. The van der Waals surface area contributed by atoms with Crippen molar-refractivity contribution in [1.29, 1.82) is 0 Å². The lowest BCUT2D eigenvalue weighted by Crippen LogP contribution is -2.44. The Kier molecular flexibility index (Phi) is 5.46. The summed E-state index contributed by atoms with van der Waals surface area (Å²) in [7, 11) is 3.51. The van der Waals surface area contributed by atoms with E-state index < -0.39 is 0 Å². The molecule has 3 heterocycles. The van der Waals surface area contributed by atoms with Crippen molar-refractivity contribution in [2.45, 2.75) is 51.1 Å². The third kappa shape index (κ3) is 3.59. The number of hydrogen-bond donors (Lipinski definition) is 0. The molecule has 2 aliphatic rings. The highest BCUT2D eigenvalue weighted by atomic mass is 16.5. The van der Waals surface area contributed by atoms with Crippen molar-refractivity contribution in [2.75, 3.05) is 33.9 Å². The molecule has 0 spiro atoms. The first kappa shape index (κ1) is 17.3. The minimum atomic E-state index is -0.0380. The van der Waals surface area contributed by atoms with Crippen LogP contribution in [0.25, 0.3) is 0 Å². The van der Waals surface area contributed by atoms with E-state index in [-0.39, 0.29) is 11.9 Å². The molecule has 0 saturated carbocycles. The summed E-state index contributed by atoms with van der Waals surface area (Å²) in [5.41, 5.74) is 1.37. The van der Waals surface area contributed by atoms with Crippen LogP contribution in [0.1, 0.15) is 60.0 Å². The average Bonchev–Trinajstić information content (AvgIpc) is 2.61. The second-order valence-electron chi connectivity index (χ2n) is 7.02. The number of amides is 1. The van der Waals surface area contributed by atoms with Crippen LogP contribution in [0.3, 0.4) is 0 Å². The van der Waals surface area contributed by atoms with Crippen LogP contribution in [0, 0.1) is 6.92 Å². The van der Waals surface area contributed by atoms with Crippen LogP contribution in [0.2, 0.25) is 0 Å². The van der Waals surface area contributed by atoms with E-state index in [4.69, 9.17) is 9.72 Å². The molecule has 1 unspecified atom stereocenters. The molecule has 3 rings (SSSR count). The molecule has 1 amide bonds. The molecular formula is C18H28N4O2. The van der Waals surface area contributed by atoms with Gasteiger partial charge in [0.05, 0.1) is 17.3 Å². The SMILES string of the molecule is Cc1nc(C2CCCCN2C2CCOCC2)ncc1C(=O)N(C)C. The highest BCUT2D eigenvalue weighted by molar-refractivity contribution is 5.94. The first-order chi connectivity index (χ1) is 11.6. The second kappa shape index (κ2) is 7.57. The van der Waals surface area contributed by atoms with E-state index in [1.54, 1.807) is 25.2 Å². The van der Waals surface area contributed by atoms with Gasteiger partial charge >= 0.3 is 0 Å². The normalized spacial score (nSPS) is 23.2. The van der Waals surface area contributed by atoms with Gasteiger partial charge in [-0.2, -0.15) is 0 Å². The molecule has 0 radical (unpaired) electrons. The third-order valence-electron chi connectivity index (χ3n) is 5.14. The largest absolute Gasteiger partial charge is 0.381 e. The maximum Gasteiger partial charge on any atom is 0.256 e. The predicted octanol–water partition coefficient (Wildman–Crippen LogP) is 2.19. The summed E-state index contributed by atoms with van der Waals surface area (Å²) in [6.45, 7) is 4.72. The highest BCUT2D eigenvalue weighted by Gasteiger charge is 2.33. The molecular weight excluding hydrogens is 304 g/mol. The summed E-state index contributed by atoms with van der Waals surface area (Å²) in [6.07, 6.45) is 7.43. The number of nitrogens with zero attached hydrogens (tertiary/aromatic N) is 4. The summed E-state index contributed by atoms with van der Waals surface area (Å²) in [5, 5.41) is 0. The molecule has 2 aliphatic heterocycles. The maximum absolute atomic E-state index is 12.2. The molecule has 6 heteroatoms. The van der Waals surface area contributed by atoms with Crippen LogP contribution >= 0.6 is 0 Å². The van der Waals surface area contributed by atoms with E-state index in [1.165, 1.54) is 12.8 Å². The van der Waals surface area contributed by atoms with Gasteiger partial charge in [-0.1, -0.05) is 6.42 Å². The fourth-order valence-electron chi connectivity index (χ4n) is 3.78. The lowest BCUT2D eigenvalue weighted by molar-refractivity contribution is 0.00207. The second-order valence-corrected chi connectivity index (χ2v) is 7.02. The van der Waals surface area contributed by atoms with Gasteiger partial charge in [0.1, 0.15) is 5.82 Å². The molecule has 0 N–H and O–H groups in total. The standard InChI is InChI=1S/C18H28N4O2/c1-13-15(18(23)21(2)3)12-19-17(20-13)16-6-4-5-9-22(16)14-7-10-24-11-8-14/h12,14,16H,4-11H2,1-3H3. The van der Waals surface area contributed by atoms with Crippen LogP contribution in [0.15, 0.2) is 6.20 Å². The Balaban J connectivity index is 1.82. The van der Waals surface area contributed by atoms with Crippen LogP contribution in [0.5, 0.6) is 0 Å².